The Morgan fingerprint density at radius 2 is 1.25 bits per heavy atom. The second-order valence-electron chi connectivity index (χ2n) is 9.19. The number of carboxylic acid groups (broad SMARTS) is 1. The monoisotopic (exact) mass is 459 g/mol. The Kier molecular flexibility index (Phi) is 13.6. The first-order chi connectivity index (χ1) is 15.1. The van der Waals surface area contributed by atoms with E-state index in [0.717, 1.165) is 62.6 Å². The molecule has 1 N–H and O–H groups in total. The van der Waals surface area contributed by atoms with Crippen LogP contribution in [0.15, 0.2) is 0 Å². The van der Waals surface area contributed by atoms with Gasteiger partial charge in [0.05, 0.1) is 25.4 Å². The Hall–Kier alpha value is -1.55. The van der Waals surface area contributed by atoms with E-state index in [0.29, 0.717) is 6.10 Å². The van der Waals surface area contributed by atoms with E-state index in [4.69, 9.17) is 24.2 Å². The van der Waals surface area contributed by atoms with Gasteiger partial charge in [-0.25, -0.2) is 9.86 Å². The summed E-state index contributed by atoms with van der Waals surface area (Å²) in [5, 5.41) is 9.41. The number of hydrogen-bond donors (Lipinski definition) is 1. The lowest BCUT2D eigenvalue weighted by atomic mass is 9.84. The van der Waals surface area contributed by atoms with Gasteiger partial charge in [-0.1, -0.05) is 20.8 Å². The molecule has 0 saturated heterocycles. The van der Waals surface area contributed by atoms with Crippen molar-refractivity contribution < 1.29 is 38.5 Å². The minimum Gasteiger partial charge on any atom is -0.480 e. The lowest BCUT2D eigenvalue weighted by molar-refractivity contribution is -0.177. The normalized spacial score (nSPS) is 30.0. The maximum atomic E-state index is 11.2. The Labute approximate surface area is 191 Å². The maximum Gasteiger partial charge on any atom is 0.329 e. The molecule has 32 heavy (non-hydrogen) atoms. The molecular weight excluding hydrogens is 418 g/mol. The lowest BCUT2D eigenvalue weighted by Gasteiger charge is -2.32. The van der Waals surface area contributed by atoms with Crippen molar-refractivity contribution in [1.82, 2.24) is 5.06 Å². The van der Waals surface area contributed by atoms with Crippen molar-refractivity contribution >= 4 is 18.2 Å². The van der Waals surface area contributed by atoms with Gasteiger partial charge in [-0.15, -0.1) is 0 Å². The predicted molar refractivity (Wildman–Crippen MR) is 118 cm³/mol. The van der Waals surface area contributed by atoms with Crippen LogP contribution in [0.1, 0.15) is 59.3 Å². The minimum absolute atomic E-state index is 0.127. The Morgan fingerprint density at radius 3 is 1.59 bits per heavy atom. The van der Waals surface area contributed by atoms with Crippen molar-refractivity contribution in [3.05, 3.63) is 0 Å². The number of likely N-dealkylation sites (N-methyl/N-ethyl adjacent to an activating group) is 1. The summed E-state index contributed by atoms with van der Waals surface area (Å²) in [6.07, 6.45) is 8.14. The molecule has 3 rings (SSSR count). The SMILES string of the molecule is CC1CC(OCC(=O)O)C1.CC1CC(OCC=O)C1.CON(C)C(=O)COC1CC(C)C1. The molecule has 0 bridgehead atoms. The number of carboxylic acids is 1. The molecule has 3 fully saturated rings. The van der Waals surface area contributed by atoms with Crippen LogP contribution < -0.4 is 0 Å². The van der Waals surface area contributed by atoms with Crippen LogP contribution in [0.4, 0.5) is 0 Å². The zero-order valence-electron chi connectivity index (χ0n) is 20.2. The molecule has 3 saturated carbocycles. The molecular formula is C23H41NO8. The fourth-order valence-electron chi connectivity index (χ4n) is 3.64. The van der Waals surface area contributed by atoms with Crippen molar-refractivity contribution in [1.29, 1.82) is 0 Å². The number of amides is 1. The highest BCUT2D eigenvalue weighted by molar-refractivity contribution is 5.76. The van der Waals surface area contributed by atoms with E-state index in [1.165, 1.54) is 12.2 Å². The molecule has 0 aromatic heterocycles. The van der Waals surface area contributed by atoms with E-state index in [9.17, 15) is 14.4 Å². The maximum absolute atomic E-state index is 11.2. The third-order valence-electron chi connectivity index (χ3n) is 5.90. The van der Waals surface area contributed by atoms with Crippen LogP contribution >= 0.6 is 0 Å². The second kappa shape index (κ2) is 15.3. The highest BCUT2D eigenvalue weighted by Gasteiger charge is 2.27. The summed E-state index contributed by atoms with van der Waals surface area (Å²) in [5.74, 6) is 1.27. The van der Waals surface area contributed by atoms with E-state index < -0.39 is 5.97 Å². The van der Waals surface area contributed by atoms with E-state index in [-0.39, 0.29) is 37.9 Å². The van der Waals surface area contributed by atoms with Gasteiger partial charge < -0.3 is 24.1 Å². The average Bonchev–Trinajstić information content (AvgIpc) is 2.69. The second-order valence-corrected chi connectivity index (χ2v) is 9.19. The smallest absolute Gasteiger partial charge is 0.329 e. The fraction of sp³-hybridized carbons (Fsp3) is 0.870. The van der Waals surface area contributed by atoms with E-state index in [2.05, 4.69) is 20.8 Å². The molecule has 0 radical (unpaired) electrons. The lowest BCUT2D eigenvalue weighted by Crippen LogP contribution is -2.35. The van der Waals surface area contributed by atoms with Crippen molar-refractivity contribution in [2.24, 2.45) is 17.8 Å². The van der Waals surface area contributed by atoms with Crippen LogP contribution in [0.25, 0.3) is 0 Å². The van der Waals surface area contributed by atoms with Crippen LogP contribution in [-0.2, 0) is 33.4 Å². The third kappa shape index (κ3) is 11.9. The number of aldehydes is 1. The molecule has 0 aliphatic heterocycles. The summed E-state index contributed by atoms with van der Waals surface area (Å²) in [6.45, 7) is 6.78. The number of nitrogens with zero attached hydrogens (tertiary/aromatic N) is 1. The van der Waals surface area contributed by atoms with Gasteiger partial charge in [0, 0.05) is 7.05 Å². The molecule has 1 amide bonds. The average molecular weight is 460 g/mol. The summed E-state index contributed by atoms with van der Waals surface area (Å²) in [6, 6.07) is 0. The van der Waals surface area contributed by atoms with Crippen LogP contribution in [0, 0.1) is 17.8 Å². The molecule has 9 heteroatoms. The summed E-state index contributed by atoms with van der Waals surface area (Å²) in [7, 11) is 3.04. The Balaban J connectivity index is 0.000000245. The molecule has 0 atom stereocenters. The topological polar surface area (TPSA) is 112 Å². The van der Waals surface area contributed by atoms with Crippen molar-refractivity contribution in [3.63, 3.8) is 0 Å². The van der Waals surface area contributed by atoms with Crippen LogP contribution in [0.3, 0.4) is 0 Å². The van der Waals surface area contributed by atoms with Gasteiger partial charge in [-0.05, 0) is 56.3 Å². The number of hydroxylamine groups is 2. The highest BCUT2D eigenvalue weighted by atomic mass is 16.7. The van der Waals surface area contributed by atoms with Gasteiger partial charge in [-0.3, -0.25) is 9.63 Å². The van der Waals surface area contributed by atoms with Crippen molar-refractivity contribution in [3.8, 4) is 0 Å². The van der Waals surface area contributed by atoms with Crippen LogP contribution in [0.5, 0.6) is 0 Å². The van der Waals surface area contributed by atoms with Gasteiger partial charge in [0.1, 0.15) is 26.1 Å². The van der Waals surface area contributed by atoms with Crippen LogP contribution in [0.2, 0.25) is 0 Å². The zero-order chi connectivity index (χ0) is 24.1. The number of hydrogen-bond acceptors (Lipinski definition) is 7. The van der Waals surface area contributed by atoms with Crippen molar-refractivity contribution in [2.45, 2.75) is 77.6 Å². The first-order valence-corrected chi connectivity index (χ1v) is 11.4. The van der Waals surface area contributed by atoms with E-state index in [1.54, 1.807) is 7.05 Å². The number of rotatable bonds is 10. The molecule has 3 aliphatic rings. The minimum atomic E-state index is -0.875. The van der Waals surface area contributed by atoms with Crippen molar-refractivity contribution in [2.75, 3.05) is 34.0 Å². The third-order valence-corrected chi connectivity index (χ3v) is 5.90. The molecule has 9 nitrogen and oxygen atoms in total. The number of carbonyl (C=O) groups excluding carboxylic acids is 2. The van der Waals surface area contributed by atoms with Gasteiger partial charge >= 0.3 is 5.97 Å². The standard InChI is InChI=1S/C9H17NO3.C7H12O3.C7H12O2/c1-7-4-8(5-7)13-6-9(11)10(2)12-3;1-5-2-6(3-5)10-4-7(8)9;1-6-4-7(5-6)9-3-2-8/h7-8H,4-6H2,1-3H3;5-6H,2-4H2,1H3,(H,8,9);2,6-7H,3-5H2,1H3. The van der Waals surface area contributed by atoms with E-state index >= 15 is 0 Å². The molecule has 0 aromatic rings. The summed E-state index contributed by atoms with van der Waals surface area (Å²) < 4.78 is 15.5. The van der Waals surface area contributed by atoms with Gasteiger partial charge in [-0.2, -0.15) is 0 Å². The molecule has 186 valence electrons. The number of aliphatic carboxylic acids is 1. The summed E-state index contributed by atoms with van der Waals surface area (Å²) in [4.78, 5) is 35.7. The summed E-state index contributed by atoms with van der Waals surface area (Å²) in [5.41, 5.74) is 0. The number of carbonyl (C=O) groups is 3. The summed E-state index contributed by atoms with van der Waals surface area (Å²) >= 11 is 0. The first kappa shape index (κ1) is 28.5. The van der Waals surface area contributed by atoms with Gasteiger partial charge in [0.2, 0.25) is 0 Å². The fourth-order valence-corrected chi connectivity index (χ4v) is 3.64. The zero-order valence-corrected chi connectivity index (χ0v) is 20.2. The van der Waals surface area contributed by atoms with Gasteiger partial charge in [0.25, 0.3) is 5.91 Å². The van der Waals surface area contributed by atoms with E-state index in [1.807, 2.05) is 0 Å². The Morgan fingerprint density at radius 1 is 0.844 bits per heavy atom. The molecule has 0 unspecified atom stereocenters. The predicted octanol–water partition coefficient (Wildman–Crippen LogP) is 2.71. The highest BCUT2D eigenvalue weighted by Crippen LogP contribution is 2.30. The molecule has 0 heterocycles. The first-order valence-electron chi connectivity index (χ1n) is 11.4. The van der Waals surface area contributed by atoms with Gasteiger partial charge in [0.15, 0.2) is 0 Å². The Bertz CT molecular complexity index is 554. The quantitative estimate of drug-likeness (QED) is 0.392. The van der Waals surface area contributed by atoms with Crippen LogP contribution in [-0.4, -0.2) is 80.6 Å². The number of ether oxygens (including phenoxy) is 3. The molecule has 0 spiro atoms. The largest absolute Gasteiger partial charge is 0.480 e. The molecule has 0 aromatic carbocycles. The molecule has 3 aliphatic carbocycles.